The van der Waals surface area contributed by atoms with Crippen molar-refractivity contribution in [3.05, 3.63) is 154 Å². The van der Waals surface area contributed by atoms with Crippen molar-refractivity contribution < 1.29 is 0 Å². The molecule has 0 N–H and O–H groups in total. The predicted molar refractivity (Wildman–Crippen MR) is 165 cm³/mol. The van der Waals surface area contributed by atoms with Crippen LogP contribution < -0.4 is 0 Å². The number of allylic oxidation sites excluding steroid dienone is 2. The first kappa shape index (κ1) is 23.2. The lowest BCUT2D eigenvalue weighted by Crippen LogP contribution is -2.26. The highest BCUT2D eigenvalue weighted by atomic mass is 14.7. The summed E-state index contributed by atoms with van der Waals surface area (Å²) in [7, 11) is 0. The van der Waals surface area contributed by atoms with Gasteiger partial charge in [0, 0.05) is 11.9 Å². The number of nitrogens with zero attached hydrogens (tertiary/aromatic N) is 1. The van der Waals surface area contributed by atoms with Crippen molar-refractivity contribution in [3.63, 3.8) is 0 Å². The molecule has 0 saturated heterocycles. The minimum absolute atomic E-state index is 0.335. The van der Waals surface area contributed by atoms with Crippen LogP contribution in [0.25, 0.3) is 33.0 Å². The molecular formula is C38H27N. The van der Waals surface area contributed by atoms with Gasteiger partial charge in [-0.15, -0.1) is 12.8 Å². The summed E-state index contributed by atoms with van der Waals surface area (Å²) >= 11 is 0. The maximum Gasteiger partial charge on any atom is 0.0731 e. The summed E-state index contributed by atoms with van der Waals surface area (Å²) < 4.78 is 0. The Hall–Kier alpha value is -4.93. The van der Waals surface area contributed by atoms with E-state index in [1.165, 1.54) is 72.0 Å². The Morgan fingerprint density at radius 3 is 1.92 bits per heavy atom. The smallest absolute Gasteiger partial charge is 0.0731 e. The molecule has 0 unspecified atom stereocenters. The van der Waals surface area contributed by atoms with Crippen molar-refractivity contribution in [3.8, 4) is 24.0 Å². The van der Waals surface area contributed by atoms with Gasteiger partial charge in [-0.1, -0.05) is 103 Å². The summed E-state index contributed by atoms with van der Waals surface area (Å²) in [5, 5.41) is 2.69. The van der Waals surface area contributed by atoms with Gasteiger partial charge in [0.2, 0.25) is 0 Å². The van der Waals surface area contributed by atoms with Gasteiger partial charge < -0.3 is 0 Å². The Labute approximate surface area is 229 Å². The van der Waals surface area contributed by atoms with E-state index in [1.54, 1.807) is 0 Å². The molecule has 5 aromatic carbocycles. The van der Waals surface area contributed by atoms with E-state index >= 15 is 0 Å². The molecule has 5 aromatic rings. The van der Waals surface area contributed by atoms with E-state index in [0.29, 0.717) is 0 Å². The molecule has 1 nitrogen and oxygen atoms in total. The fourth-order valence-corrected chi connectivity index (χ4v) is 7.19. The molecule has 0 heterocycles. The molecule has 39 heavy (non-hydrogen) atoms. The van der Waals surface area contributed by atoms with Gasteiger partial charge in [0.1, 0.15) is 0 Å². The average Bonchev–Trinajstić information content (AvgIpc) is 3.60. The highest BCUT2D eigenvalue weighted by molar-refractivity contribution is 6.25. The predicted octanol–water partition coefficient (Wildman–Crippen LogP) is 9.03. The Morgan fingerprint density at radius 1 is 0.667 bits per heavy atom. The fourth-order valence-electron chi connectivity index (χ4n) is 7.19. The van der Waals surface area contributed by atoms with Gasteiger partial charge in [-0.2, -0.15) is 0 Å². The lowest BCUT2D eigenvalue weighted by molar-refractivity contribution is 0.843. The maximum absolute atomic E-state index is 4.68. The Morgan fingerprint density at radius 2 is 1.26 bits per heavy atom. The van der Waals surface area contributed by atoms with Crippen LogP contribution in [-0.4, -0.2) is 5.71 Å². The van der Waals surface area contributed by atoms with Crippen LogP contribution >= 0.6 is 0 Å². The van der Waals surface area contributed by atoms with Crippen molar-refractivity contribution in [1.29, 1.82) is 0 Å². The van der Waals surface area contributed by atoms with Crippen LogP contribution in [0.3, 0.4) is 0 Å². The van der Waals surface area contributed by atoms with E-state index in [1.807, 2.05) is 19.2 Å². The van der Waals surface area contributed by atoms with Gasteiger partial charge in [-0.05, 0) is 91.9 Å². The standard InChI is InChI=1S/C36H25N.C2H2/c1-3-20-37-22(2)24-18-19-32-29(21-24)34-27-14-8-10-23-11-9-15-28(33(23)27)35(34)36(32)30-16-6-4-12-25(30)26-13-5-7-17-31(26)36;1-2/h3-21H,1-2H3;1-2H/b20-3-,37-22?;. The lowest BCUT2D eigenvalue weighted by atomic mass is 9.68. The van der Waals surface area contributed by atoms with E-state index in [2.05, 4.69) is 128 Å². The Balaban J connectivity index is 0.00000124. The first-order valence-corrected chi connectivity index (χ1v) is 13.4. The normalized spacial score (nSPS) is 15.2. The zero-order valence-electron chi connectivity index (χ0n) is 22.1. The first-order chi connectivity index (χ1) is 19.2. The molecule has 0 atom stereocenters. The number of hydrogen-bond acceptors (Lipinski definition) is 1. The second kappa shape index (κ2) is 8.55. The monoisotopic (exact) mass is 497 g/mol. The molecule has 8 rings (SSSR count). The average molecular weight is 498 g/mol. The molecule has 0 aromatic heterocycles. The first-order valence-electron chi connectivity index (χ1n) is 13.4. The molecule has 0 radical (unpaired) electrons. The molecule has 0 aliphatic heterocycles. The van der Waals surface area contributed by atoms with Crippen molar-refractivity contribution in [2.24, 2.45) is 4.99 Å². The molecule has 3 aliphatic rings. The highest BCUT2D eigenvalue weighted by Gasteiger charge is 2.55. The number of hydrogen-bond donors (Lipinski definition) is 0. The molecule has 0 bridgehead atoms. The van der Waals surface area contributed by atoms with Gasteiger partial charge >= 0.3 is 0 Å². The Bertz CT molecular complexity index is 1890. The number of rotatable bonds is 2. The van der Waals surface area contributed by atoms with E-state index in [0.717, 1.165) is 5.71 Å². The van der Waals surface area contributed by atoms with E-state index in [-0.39, 0.29) is 5.41 Å². The van der Waals surface area contributed by atoms with Crippen LogP contribution in [0, 0.1) is 12.8 Å². The molecular weight excluding hydrogens is 470 g/mol. The lowest BCUT2D eigenvalue weighted by Gasteiger charge is -2.33. The zero-order chi connectivity index (χ0) is 26.7. The molecule has 184 valence electrons. The van der Waals surface area contributed by atoms with Crippen LogP contribution in [0.4, 0.5) is 0 Å². The maximum atomic E-state index is 4.68. The summed E-state index contributed by atoms with van der Waals surface area (Å²) in [5.74, 6) is 0. The van der Waals surface area contributed by atoms with Crippen molar-refractivity contribution in [1.82, 2.24) is 0 Å². The third-order valence-corrected chi connectivity index (χ3v) is 8.55. The van der Waals surface area contributed by atoms with Crippen molar-refractivity contribution >= 4 is 27.6 Å². The molecule has 1 heteroatoms. The van der Waals surface area contributed by atoms with E-state index < -0.39 is 0 Å². The summed E-state index contributed by atoms with van der Waals surface area (Å²) in [6.07, 6.45) is 11.9. The minimum Gasteiger partial charge on any atom is -0.261 e. The van der Waals surface area contributed by atoms with Gasteiger partial charge in [0.15, 0.2) is 0 Å². The number of terminal acetylenes is 1. The topological polar surface area (TPSA) is 12.4 Å². The summed E-state index contributed by atoms with van der Waals surface area (Å²) in [4.78, 5) is 4.68. The highest BCUT2D eigenvalue weighted by Crippen LogP contribution is 2.68. The number of benzene rings is 5. The minimum atomic E-state index is -0.335. The third kappa shape index (κ3) is 2.84. The zero-order valence-corrected chi connectivity index (χ0v) is 22.1. The SMILES string of the molecule is C#C.C/C=C\N=C(C)c1ccc2c(c1)C1=C(c3cccc4cccc1c34)C21c2ccccc2-c2ccccc21. The van der Waals surface area contributed by atoms with Crippen LogP contribution in [-0.2, 0) is 5.41 Å². The van der Waals surface area contributed by atoms with Crippen molar-refractivity contribution in [2.75, 3.05) is 0 Å². The van der Waals surface area contributed by atoms with E-state index in [4.69, 9.17) is 0 Å². The van der Waals surface area contributed by atoms with Crippen molar-refractivity contribution in [2.45, 2.75) is 19.3 Å². The van der Waals surface area contributed by atoms with E-state index in [9.17, 15) is 0 Å². The quantitative estimate of drug-likeness (QED) is 0.170. The van der Waals surface area contributed by atoms with Gasteiger partial charge in [-0.3, -0.25) is 4.99 Å². The summed E-state index contributed by atoms with van der Waals surface area (Å²) in [6.45, 7) is 4.11. The second-order valence-electron chi connectivity index (χ2n) is 10.3. The van der Waals surface area contributed by atoms with Crippen LogP contribution in [0.2, 0.25) is 0 Å². The van der Waals surface area contributed by atoms with Gasteiger partial charge in [0.25, 0.3) is 0 Å². The van der Waals surface area contributed by atoms with Gasteiger partial charge in [0.05, 0.1) is 5.41 Å². The molecule has 0 fully saturated rings. The third-order valence-electron chi connectivity index (χ3n) is 8.55. The molecule has 0 amide bonds. The van der Waals surface area contributed by atoms with Crippen LogP contribution in [0.1, 0.15) is 52.8 Å². The van der Waals surface area contributed by atoms with Gasteiger partial charge in [-0.25, -0.2) is 0 Å². The van der Waals surface area contributed by atoms with Crippen LogP contribution in [0.15, 0.2) is 120 Å². The Kier molecular flexibility index (Phi) is 5.09. The molecule has 3 aliphatic carbocycles. The summed E-state index contributed by atoms with van der Waals surface area (Å²) in [5.41, 5.74) is 15.6. The number of fused-ring (bicyclic) bond motifs is 11. The fraction of sp³-hybridized carbons (Fsp3) is 0.0789. The largest absolute Gasteiger partial charge is 0.261 e. The molecule has 0 saturated carbocycles. The summed E-state index contributed by atoms with van der Waals surface area (Å²) in [6, 6.07) is 38.7. The molecule has 1 spiro atoms. The second-order valence-corrected chi connectivity index (χ2v) is 10.3. The number of aliphatic imine (C=N–C) groups is 1. The van der Waals surface area contributed by atoms with Crippen LogP contribution in [0.5, 0.6) is 0 Å².